The van der Waals surface area contributed by atoms with E-state index in [1.54, 1.807) is 20.3 Å². The fourth-order valence-corrected chi connectivity index (χ4v) is 4.03. The first kappa shape index (κ1) is 28.7. The Bertz CT molecular complexity index is 1230. The fourth-order valence-electron chi connectivity index (χ4n) is 4.03. The third-order valence-corrected chi connectivity index (χ3v) is 6.66. The standard InChI is InChI=1S/C29H37FN4O4/c1-17(2)19(5)34-24(28-25(37-6)9-8-10-26(28)38-7)15-23(33-34)29(36)32-22(18(3)4)16-27(35)31-21-13-11-20(30)12-14-21/h8-15,17-19,22H,16H2,1-7H3,(H,31,35)(H,32,36). The van der Waals surface area contributed by atoms with Crippen molar-refractivity contribution in [1.82, 2.24) is 15.1 Å². The first-order valence-electron chi connectivity index (χ1n) is 12.7. The Morgan fingerprint density at radius 1 is 0.947 bits per heavy atom. The topological polar surface area (TPSA) is 94.5 Å². The van der Waals surface area contributed by atoms with E-state index in [1.807, 2.05) is 43.7 Å². The van der Waals surface area contributed by atoms with Gasteiger partial charge in [-0.25, -0.2) is 4.39 Å². The molecule has 0 bridgehead atoms. The molecule has 3 rings (SSSR count). The number of rotatable bonds is 11. The van der Waals surface area contributed by atoms with Gasteiger partial charge in [-0.15, -0.1) is 0 Å². The van der Waals surface area contributed by atoms with Gasteiger partial charge in [-0.3, -0.25) is 14.3 Å². The Hall–Kier alpha value is -3.88. The predicted octanol–water partition coefficient (Wildman–Crippen LogP) is 5.71. The fraction of sp³-hybridized carbons (Fsp3) is 0.414. The zero-order valence-corrected chi connectivity index (χ0v) is 23.0. The van der Waals surface area contributed by atoms with Gasteiger partial charge < -0.3 is 20.1 Å². The maximum atomic E-state index is 13.4. The summed E-state index contributed by atoms with van der Waals surface area (Å²) in [6, 6.07) is 12.3. The molecule has 1 heterocycles. The number of benzene rings is 2. The number of carbonyl (C=O) groups excluding carboxylic acids is 2. The average Bonchev–Trinajstić information content (AvgIpc) is 3.33. The van der Waals surface area contributed by atoms with Crippen LogP contribution in [0.15, 0.2) is 48.5 Å². The van der Waals surface area contributed by atoms with E-state index in [2.05, 4.69) is 29.6 Å². The summed E-state index contributed by atoms with van der Waals surface area (Å²) in [4.78, 5) is 26.1. The first-order chi connectivity index (χ1) is 18.0. The van der Waals surface area contributed by atoms with Crippen LogP contribution in [-0.2, 0) is 4.79 Å². The highest BCUT2D eigenvalue weighted by atomic mass is 19.1. The minimum absolute atomic E-state index is 0.0245. The minimum Gasteiger partial charge on any atom is -0.496 e. The minimum atomic E-state index is -0.445. The smallest absolute Gasteiger partial charge is 0.272 e. The summed E-state index contributed by atoms with van der Waals surface area (Å²) in [6.07, 6.45) is 0.0527. The van der Waals surface area contributed by atoms with Crippen LogP contribution in [0.3, 0.4) is 0 Å². The Morgan fingerprint density at radius 2 is 1.55 bits per heavy atom. The highest BCUT2D eigenvalue weighted by Crippen LogP contribution is 2.40. The van der Waals surface area contributed by atoms with Crippen LogP contribution in [0.4, 0.5) is 10.1 Å². The van der Waals surface area contributed by atoms with Crippen molar-refractivity contribution in [3.05, 3.63) is 60.0 Å². The Kier molecular flexibility index (Phi) is 9.50. The highest BCUT2D eigenvalue weighted by molar-refractivity contribution is 5.95. The number of amides is 2. The zero-order chi connectivity index (χ0) is 28.0. The van der Waals surface area contributed by atoms with E-state index in [1.165, 1.54) is 24.3 Å². The number of halogens is 1. The van der Waals surface area contributed by atoms with Gasteiger partial charge in [0.05, 0.1) is 31.5 Å². The van der Waals surface area contributed by atoms with Crippen molar-refractivity contribution >= 4 is 17.5 Å². The largest absolute Gasteiger partial charge is 0.496 e. The van der Waals surface area contributed by atoms with Crippen molar-refractivity contribution in [3.8, 4) is 22.8 Å². The number of hydrogen-bond donors (Lipinski definition) is 2. The summed E-state index contributed by atoms with van der Waals surface area (Å²) in [6.45, 7) is 10.1. The van der Waals surface area contributed by atoms with E-state index >= 15 is 0 Å². The lowest BCUT2D eigenvalue weighted by Crippen LogP contribution is -2.41. The third kappa shape index (κ3) is 6.70. The highest BCUT2D eigenvalue weighted by Gasteiger charge is 2.27. The molecule has 0 saturated heterocycles. The summed E-state index contributed by atoms with van der Waals surface area (Å²) in [7, 11) is 3.17. The maximum absolute atomic E-state index is 13.4. The van der Waals surface area contributed by atoms with E-state index < -0.39 is 6.04 Å². The monoisotopic (exact) mass is 524 g/mol. The molecule has 0 aliphatic carbocycles. The number of nitrogens with one attached hydrogen (secondary N) is 2. The van der Waals surface area contributed by atoms with Gasteiger partial charge in [0.25, 0.3) is 5.91 Å². The predicted molar refractivity (Wildman–Crippen MR) is 146 cm³/mol. The van der Waals surface area contributed by atoms with Gasteiger partial charge >= 0.3 is 0 Å². The molecule has 38 heavy (non-hydrogen) atoms. The van der Waals surface area contributed by atoms with E-state index in [9.17, 15) is 14.0 Å². The lowest BCUT2D eigenvalue weighted by molar-refractivity contribution is -0.116. The molecule has 3 aromatic rings. The number of carbonyl (C=O) groups is 2. The molecule has 2 N–H and O–H groups in total. The molecule has 9 heteroatoms. The summed E-state index contributed by atoms with van der Waals surface area (Å²) >= 11 is 0. The van der Waals surface area contributed by atoms with Crippen molar-refractivity contribution < 1.29 is 23.5 Å². The van der Waals surface area contributed by atoms with Crippen LogP contribution >= 0.6 is 0 Å². The molecular formula is C29H37FN4O4. The van der Waals surface area contributed by atoms with Gasteiger partial charge in [-0.1, -0.05) is 33.8 Å². The quantitative estimate of drug-likeness (QED) is 0.335. The third-order valence-electron chi connectivity index (χ3n) is 6.66. The van der Waals surface area contributed by atoms with E-state index in [0.717, 1.165) is 0 Å². The molecule has 1 aromatic heterocycles. The number of ether oxygens (including phenoxy) is 2. The lowest BCUT2D eigenvalue weighted by Gasteiger charge is -2.22. The first-order valence-corrected chi connectivity index (χ1v) is 12.7. The van der Waals surface area contributed by atoms with E-state index in [4.69, 9.17) is 9.47 Å². The summed E-state index contributed by atoms with van der Waals surface area (Å²) < 4.78 is 26.2. The van der Waals surface area contributed by atoms with Crippen molar-refractivity contribution in [3.63, 3.8) is 0 Å². The normalized spacial score (nSPS) is 12.8. The molecule has 0 aliphatic heterocycles. The lowest BCUT2D eigenvalue weighted by atomic mass is 10.00. The number of aromatic nitrogens is 2. The second-order valence-electron chi connectivity index (χ2n) is 9.96. The number of hydrogen-bond acceptors (Lipinski definition) is 5. The second kappa shape index (κ2) is 12.6. The molecule has 0 saturated carbocycles. The van der Waals surface area contributed by atoms with Gasteiger partial charge in [0.15, 0.2) is 5.69 Å². The SMILES string of the molecule is COc1cccc(OC)c1-c1cc(C(=O)NC(CC(=O)Nc2ccc(F)cc2)C(C)C)nn1C(C)C(C)C. The van der Waals surface area contributed by atoms with Gasteiger partial charge in [-0.2, -0.15) is 5.10 Å². The van der Waals surface area contributed by atoms with Crippen LogP contribution in [0, 0.1) is 17.7 Å². The molecule has 2 aromatic carbocycles. The molecule has 0 radical (unpaired) electrons. The zero-order valence-electron chi connectivity index (χ0n) is 23.0. The van der Waals surface area contributed by atoms with Crippen molar-refractivity contribution in [1.29, 1.82) is 0 Å². The van der Waals surface area contributed by atoms with Crippen molar-refractivity contribution in [2.45, 2.75) is 53.1 Å². The Morgan fingerprint density at radius 3 is 2.08 bits per heavy atom. The number of methoxy groups -OCH3 is 2. The van der Waals surface area contributed by atoms with Gasteiger partial charge in [0.1, 0.15) is 17.3 Å². The van der Waals surface area contributed by atoms with Gasteiger partial charge in [0.2, 0.25) is 5.91 Å². The summed E-state index contributed by atoms with van der Waals surface area (Å²) in [5.74, 6) is 0.368. The molecular weight excluding hydrogens is 487 g/mol. The number of anilines is 1. The van der Waals surface area contributed by atoms with E-state index in [0.29, 0.717) is 28.4 Å². The van der Waals surface area contributed by atoms with Crippen LogP contribution in [-0.4, -0.2) is 41.9 Å². The van der Waals surface area contributed by atoms with Crippen LogP contribution in [0.5, 0.6) is 11.5 Å². The average molecular weight is 525 g/mol. The van der Waals surface area contributed by atoms with Crippen molar-refractivity contribution in [2.24, 2.45) is 11.8 Å². The molecule has 2 unspecified atom stereocenters. The summed E-state index contributed by atoms with van der Waals surface area (Å²) in [5, 5.41) is 10.4. The maximum Gasteiger partial charge on any atom is 0.272 e. The van der Waals surface area contributed by atoms with Crippen LogP contribution in [0.1, 0.15) is 57.6 Å². The van der Waals surface area contributed by atoms with Crippen LogP contribution < -0.4 is 20.1 Å². The second-order valence-corrected chi connectivity index (χ2v) is 9.96. The van der Waals surface area contributed by atoms with Gasteiger partial charge in [-0.05, 0) is 61.2 Å². The molecule has 204 valence electrons. The molecule has 2 atom stereocenters. The van der Waals surface area contributed by atoms with Crippen molar-refractivity contribution in [2.75, 3.05) is 19.5 Å². The molecule has 0 aliphatic rings. The molecule has 2 amide bonds. The molecule has 8 nitrogen and oxygen atoms in total. The Labute approximate surface area is 223 Å². The molecule has 0 fully saturated rings. The Balaban J connectivity index is 1.90. The van der Waals surface area contributed by atoms with Gasteiger partial charge in [0, 0.05) is 18.2 Å². The van der Waals surface area contributed by atoms with Crippen LogP contribution in [0.25, 0.3) is 11.3 Å². The van der Waals surface area contributed by atoms with Crippen LogP contribution in [0.2, 0.25) is 0 Å². The van der Waals surface area contributed by atoms with E-state index in [-0.39, 0.29) is 47.6 Å². The molecule has 0 spiro atoms. The summed E-state index contributed by atoms with van der Waals surface area (Å²) in [5.41, 5.74) is 2.11. The number of nitrogens with zero attached hydrogens (tertiary/aromatic N) is 2.